The highest BCUT2D eigenvalue weighted by molar-refractivity contribution is 7.09. The molecule has 1 aliphatic rings. The maximum atomic E-state index is 11.3. The van der Waals surface area contributed by atoms with Gasteiger partial charge in [0.15, 0.2) is 5.69 Å². The fourth-order valence-corrected chi connectivity index (χ4v) is 4.20. The van der Waals surface area contributed by atoms with Crippen LogP contribution in [0.4, 0.5) is 0 Å². The van der Waals surface area contributed by atoms with Crippen LogP contribution in [0.5, 0.6) is 0 Å². The highest BCUT2D eigenvalue weighted by Gasteiger charge is 2.16. The van der Waals surface area contributed by atoms with Crippen LogP contribution in [0.15, 0.2) is 41.5 Å². The van der Waals surface area contributed by atoms with Crippen LogP contribution in [0.3, 0.4) is 0 Å². The number of hydrogen-bond acceptors (Lipinski definition) is 6. The van der Waals surface area contributed by atoms with E-state index >= 15 is 0 Å². The number of terminal acetylenes is 2. The molecule has 0 saturated heterocycles. The number of carbonyl (C=O) groups excluding carboxylic acids is 1. The van der Waals surface area contributed by atoms with E-state index in [4.69, 9.17) is 14.6 Å². The standard InChI is InChI=1S/C15H24O.C10H15NO3S.2C2H2/c1-3-9-15(4-2)16-13-8-7-12-14-10-5-6-11-14;1-3-7(5-12)9-11-8(6-15-9)10(13)14-4-2;2*1-2/h3-4,7,9,12,14H,5-6,8,10-11,13H2,1-2H3;6-7,12H,3-5H2,1-2H3;2*1-2H/b9-3-,12-7+,15-4+;;;. The van der Waals surface area contributed by atoms with E-state index < -0.39 is 5.97 Å². The van der Waals surface area contributed by atoms with Crippen LogP contribution in [0.2, 0.25) is 0 Å². The lowest BCUT2D eigenvalue weighted by Gasteiger charge is -2.06. The van der Waals surface area contributed by atoms with Crippen molar-refractivity contribution in [3.63, 3.8) is 0 Å². The molecule has 1 aliphatic carbocycles. The Morgan fingerprint density at radius 1 is 1.20 bits per heavy atom. The van der Waals surface area contributed by atoms with E-state index in [1.165, 1.54) is 37.0 Å². The highest BCUT2D eigenvalue weighted by Crippen LogP contribution is 2.25. The van der Waals surface area contributed by atoms with Gasteiger partial charge in [0.2, 0.25) is 0 Å². The van der Waals surface area contributed by atoms with Crippen LogP contribution >= 0.6 is 11.3 Å². The Kier molecular flexibility index (Phi) is 23.9. The Hall–Kier alpha value is -2.80. The number of ether oxygens (including phenoxy) is 2. The zero-order valence-corrected chi connectivity index (χ0v) is 22.6. The van der Waals surface area contributed by atoms with Crippen molar-refractivity contribution in [1.82, 2.24) is 4.98 Å². The summed E-state index contributed by atoms with van der Waals surface area (Å²) in [5.41, 5.74) is 0.337. The van der Waals surface area contributed by atoms with Crippen LogP contribution in [0.1, 0.15) is 87.6 Å². The van der Waals surface area contributed by atoms with Crippen molar-refractivity contribution < 1.29 is 19.4 Å². The third kappa shape index (κ3) is 15.7. The van der Waals surface area contributed by atoms with Gasteiger partial charge >= 0.3 is 5.97 Å². The molecule has 1 heterocycles. The smallest absolute Gasteiger partial charge is 0.357 e. The predicted octanol–water partition coefficient (Wildman–Crippen LogP) is 6.92. The largest absolute Gasteiger partial charge is 0.494 e. The predicted molar refractivity (Wildman–Crippen MR) is 148 cm³/mol. The molecule has 0 bridgehead atoms. The van der Waals surface area contributed by atoms with E-state index in [0.717, 1.165) is 36.1 Å². The number of thiazole rings is 1. The molecule has 194 valence electrons. The molecule has 1 N–H and O–H groups in total. The maximum Gasteiger partial charge on any atom is 0.357 e. The Morgan fingerprint density at radius 3 is 2.37 bits per heavy atom. The summed E-state index contributed by atoms with van der Waals surface area (Å²) < 4.78 is 10.5. The lowest BCUT2D eigenvalue weighted by atomic mass is 10.1. The lowest BCUT2D eigenvalue weighted by Crippen LogP contribution is -2.07. The fourth-order valence-electron chi connectivity index (χ4n) is 3.23. The highest BCUT2D eigenvalue weighted by atomic mass is 32.1. The van der Waals surface area contributed by atoms with Gasteiger partial charge in [-0.2, -0.15) is 0 Å². The van der Waals surface area contributed by atoms with Crippen molar-refractivity contribution in [3.05, 3.63) is 52.2 Å². The Bertz CT molecular complexity index is 773. The zero-order chi connectivity index (χ0) is 26.9. The molecule has 6 heteroatoms. The molecule has 0 radical (unpaired) electrons. The van der Waals surface area contributed by atoms with E-state index in [1.807, 2.05) is 39.0 Å². The summed E-state index contributed by atoms with van der Waals surface area (Å²) >= 11 is 1.39. The molecule has 1 fully saturated rings. The number of aliphatic hydroxyl groups is 1. The van der Waals surface area contributed by atoms with E-state index in [9.17, 15) is 4.79 Å². The topological polar surface area (TPSA) is 68.7 Å². The minimum absolute atomic E-state index is 0.0261. The van der Waals surface area contributed by atoms with Gasteiger partial charge in [-0.1, -0.05) is 38.0 Å². The van der Waals surface area contributed by atoms with Crippen molar-refractivity contribution in [2.45, 2.75) is 72.1 Å². The van der Waals surface area contributed by atoms with Crippen LogP contribution in [0, 0.1) is 31.6 Å². The van der Waals surface area contributed by atoms with Gasteiger partial charge in [-0.25, -0.2) is 9.78 Å². The summed E-state index contributed by atoms with van der Waals surface area (Å²) in [5, 5.41) is 11.5. The molecule has 1 atom stereocenters. The number of aromatic nitrogens is 1. The molecule has 1 saturated carbocycles. The third-order valence-corrected chi connectivity index (χ3v) is 6.05. The number of aliphatic hydroxyl groups excluding tert-OH is 1. The monoisotopic (exact) mass is 501 g/mol. The summed E-state index contributed by atoms with van der Waals surface area (Å²) in [7, 11) is 0. The van der Waals surface area contributed by atoms with Crippen LogP contribution in [0.25, 0.3) is 0 Å². The van der Waals surface area contributed by atoms with E-state index in [0.29, 0.717) is 12.3 Å². The first-order valence-electron chi connectivity index (χ1n) is 12.1. The minimum atomic E-state index is -0.396. The summed E-state index contributed by atoms with van der Waals surface area (Å²) in [6.07, 6.45) is 34.1. The van der Waals surface area contributed by atoms with Gasteiger partial charge in [-0.15, -0.1) is 37.0 Å². The second-order valence-electron chi connectivity index (χ2n) is 7.38. The second-order valence-corrected chi connectivity index (χ2v) is 8.27. The number of allylic oxidation sites excluding steroid dienone is 4. The minimum Gasteiger partial charge on any atom is -0.494 e. The van der Waals surface area contributed by atoms with E-state index in [2.05, 4.69) is 42.8 Å². The van der Waals surface area contributed by atoms with Crippen LogP contribution < -0.4 is 0 Å². The van der Waals surface area contributed by atoms with E-state index in [1.54, 1.807) is 12.3 Å². The van der Waals surface area contributed by atoms with Gasteiger partial charge in [0.1, 0.15) is 5.76 Å². The molecular weight excluding hydrogens is 458 g/mol. The average Bonchev–Trinajstić information content (AvgIpc) is 3.60. The molecule has 1 aromatic rings. The quantitative estimate of drug-likeness (QED) is 0.0890. The van der Waals surface area contributed by atoms with Gasteiger partial charge in [-0.3, -0.25) is 0 Å². The number of hydrogen-bond donors (Lipinski definition) is 1. The number of rotatable bonds is 11. The van der Waals surface area contributed by atoms with Gasteiger partial charge in [-0.05, 0) is 64.5 Å². The molecule has 0 spiro atoms. The summed E-state index contributed by atoms with van der Waals surface area (Å²) in [4.78, 5) is 15.5. The maximum absolute atomic E-state index is 11.3. The molecular formula is C29H43NO4S. The summed E-state index contributed by atoms with van der Waals surface area (Å²) in [5.74, 6) is 1.44. The van der Waals surface area contributed by atoms with Gasteiger partial charge in [0, 0.05) is 11.3 Å². The Labute approximate surface area is 217 Å². The Morgan fingerprint density at radius 2 is 1.86 bits per heavy atom. The van der Waals surface area contributed by atoms with Crippen molar-refractivity contribution in [3.8, 4) is 25.7 Å². The molecule has 1 aromatic heterocycles. The first kappa shape index (κ1) is 34.4. The molecule has 0 amide bonds. The van der Waals surface area contributed by atoms with Crippen LogP contribution in [-0.4, -0.2) is 35.9 Å². The fraction of sp³-hybridized carbons (Fsp3) is 0.517. The Balaban J connectivity index is 0. The average molecular weight is 502 g/mol. The van der Waals surface area contributed by atoms with E-state index in [-0.39, 0.29) is 12.5 Å². The first-order chi connectivity index (χ1) is 17.1. The molecule has 35 heavy (non-hydrogen) atoms. The molecule has 5 nitrogen and oxygen atoms in total. The molecule has 2 rings (SSSR count). The number of carbonyl (C=O) groups is 1. The normalized spacial score (nSPS) is 14.1. The molecule has 0 aliphatic heterocycles. The van der Waals surface area contributed by atoms with Gasteiger partial charge in [0.05, 0.1) is 24.8 Å². The van der Waals surface area contributed by atoms with Crippen molar-refractivity contribution in [1.29, 1.82) is 0 Å². The van der Waals surface area contributed by atoms with Crippen LogP contribution in [-0.2, 0) is 9.47 Å². The van der Waals surface area contributed by atoms with Crippen molar-refractivity contribution in [2.75, 3.05) is 19.8 Å². The van der Waals surface area contributed by atoms with Crippen molar-refractivity contribution in [2.24, 2.45) is 5.92 Å². The third-order valence-electron chi connectivity index (χ3n) is 5.05. The first-order valence-corrected chi connectivity index (χ1v) is 13.0. The number of nitrogens with zero attached hydrogens (tertiary/aromatic N) is 1. The summed E-state index contributed by atoms with van der Waals surface area (Å²) in [6, 6.07) is 0. The van der Waals surface area contributed by atoms with Gasteiger partial charge < -0.3 is 14.6 Å². The summed E-state index contributed by atoms with van der Waals surface area (Å²) in [6.45, 7) is 8.94. The SMILES string of the molecule is C#C.C#C.C/C=C\C(=C/C)OCC/C=C/C1CCCC1.CCOC(=O)c1csc(C(CC)CO)n1. The number of esters is 1. The van der Waals surface area contributed by atoms with Crippen molar-refractivity contribution >= 4 is 17.3 Å². The van der Waals surface area contributed by atoms with Gasteiger partial charge in [0.25, 0.3) is 0 Å². The molecule has 1 unspecified atom stereocenters. The second kappa shape index (κ2) is 24.3. The lowest BCUT2D eigenvalue weighted by molar-refractivity contribution is 0.0520. The molecule has 0 aromatic carbocycles. The zero-order valence-electron chi connectivity index (χ0n) is 21.8.